The Kier molecular flexibility index (Phi) is 3.23. The standard InChI is InChI=1S/C10H11NO3/c1-11(7-12)10(13)8-3-5-9(14-2)6-4-8/h3-7H,1-2H3. The van der Waals surface area contributed by atoms with E-state index in [-0.39, 0.29) is 5.91 Å². The van der Waals surface area contributed by atoms with Crippen LogP contribution in [-0.4, -0.2) is 31.4 Å². The number of ether oxygens (including phenoxy) is 1. The van der Waals surface area contributed by atoms with Crippen molar-refractivity contribution >= 4 is 12.3 Å². The van der Waals surface area contributed by atoms with Gasteiger partial charge in [0.05, 0.1) is 7.11 Å². The Morgan fingerprint density at radius 1 is 1.36 bits per heavy atom. The summed E-state index contributed by atoms with van der Waals surface area (Å²) in [5.74, 6) is 0.345. The molecular weight excluding hydrogens is 182 g/mol. The molecule has 0 atom stereocenters. The van der Waals surface area contributed by atoms with E-state index in [0.717, 1.165) is 4.90 Å². The normalized spacial score (nSPS) is 9.29. The molecule has 1 rings (SSSR count). The molecule has 0 aromatic heterocycles. The molecule has 0 aliphatic heterocycles. The topological polar surface area (TPSA) is 46.6 Å². The van der Waals surface area contributed by atoms with E-state index < -0.39 is 0 Å². The number of benzene rings is 1. The number of nitrogens with zero attached hydrogens (tertiary/aromatic N) is 1. The summed E-state index contributed by atoms with van der Waals surface area (Å²) in [6.07, 6.45) is 0.479. The molecule has 4 heteroatoms. The molecule has 0 N–H and O–H groups in total. The van der Waals surface area contributed by atoms with E-state index in [1.807, 2.05) is 0 Å². The second-order valence-electron chi connectivity index (χ2n) is 2.75. The fourth-order valence-electron chi connectivity index (χ4n) is 0.985. The van der Waals surface area contributed by atoms with Crippen molar-refractivity contribution in [3.8, 4) is 5.75 Å². The molecular formula is C10H11NO3. The summed E-state index contributed by atoms with van der Waals surface area (Å²) < 4.78 is 4.94. The van der Waals surface area contributed by atoms with Crippen LogP contribution in [0.5, 0.6) is 5.75 Å². The molecule has 0 saturated heterocycles. The summed E-state index contributed by atoms with van der Waals surface area (Å²) in [7, 11) is 2.97. The van der Waals surface area contributed by atoms with E-state index in [1.165, 1.54) is 7.05 Å². The Bertz CT molecular complexity index is 332. The molecule has 14 heavy (non-hydrogen) atoms. The highest BCUT2D eigenvalue weighted by Gasteiger charge is 2.09. The fraction of sp³-hybridized carbons (Fsp3) is 0.200. The van der Waals surface area contributed by atoms with E-state index in [9.17, 15) is 9.59 Å². The molecule has 0 unspecified atom stereocenters. The maximum Gasteiger partial charge on any atom is 0.259 e. The third-order valence-corrected chi connectivity index (χ3v) is 1.82. The highest BCUT2D eigenvalue weighted by atomic mass is 16.5. The summed E-state index contributed by atoms with van der Waals surface area (Å²) in [5.41, 5.74) is 0.459. The quantitative estimate of drug-likeness (QED) is 0.671. The van der Waals surface area contributed by atoms with Gasteiger partial charge < -0.3 is 4.74 Å². The Balaban J connectivity index is 2.86. The number of methoxy groups -OCH3 is 1. The van der Waals surface area contributed by atoms with Crippen molar-refractivity contribution in [1.29, 1.82) is 0 Å². The smallest absolute Gasteiger partial charge is 0.259 e. The highest BCUT2D eigenvalue weighted by molar-refractivity contribution is 5.99. The molecule has 0 bridgehead atoms. The molecule has 0 radical (unpaired) electrons. The number of carbonyl (C=O) groups excluding carboxylic acids is 2. The molecule has 0 fully saturated rings. The summed E-state index contributed by atoms with van der Waals surface area (Å²) in [6, 6.07) is 6.57. The molecule has 4 nitrogen and oxygen atoms in total. The molecule has 1 aromatic rings. The average molecular weight is 193 g/mol. The predicted molar refractivity (Wildman–Crippen MR) is 51.2 cm³/mol. The minimum Gasteiger partial charge on any atom is -0.497 e. The van der Waals surface area contributed by atoms with Gasteiger partial charge in [0.25, 0.3) is 5.91 Å². The summed E-state index contributed by atoms with van der Waals surface area (Å²) in [4.78, 5) is 22.7. The van der Waals surface area contributed by atoms with Crippen molar-refractivity contribution < 1.29 is 14.3 Å². The van der Waals surface area contributed by atoms with Crippen LogP contribution >= 0.6 is 0 Å². The minimum atomic E-state index is -0.331. The van der Waals surface area contributed by atoms with Gasteiger partial charge in [0.1, 0.15) is 5.75 Å². The van der Waals surface area contributed by atoms with Gasteiger partial charge in [-0.2, -0.15) is 0 Å². The summed E-state index contributed by atoms with van der Waals surface area (Å²) in [5, 5.41) is 0. The second kappa shape index (κ2) is 4.41. The van der Waals surface area contributed by atoms with Gasteiger partial charge in [0, 0.05) is 12.6 Å². The number of carbonyl (C=O) groups is 2. The van der Waals surface area contributed by atoms with Crippen LogP contribution in [-0.2, 0) is 4.79 Å². The van der Waals surface area contributed by atoms with Crippen molar-refractivity contribution in [2.75, 3.05) is 14.2 Å². The second-order valence-corrected chi connectivity index (χ2v) is 2.75. The lowest BCUT2D eigenvalue weighted by Gasteiger charge is -2.08. The Morgan fingerprint density at radius 3 is 2.36 bits per heavy atom. The van der Waals surface area contributed by atoms with Gasteiger partial charge in [0.15, 0.2) is 0 Å². The molecule has 0 aliphatic carbocycles. The lowest BCUT2D eigenvalue weighted by Crippen LogP contribution is -2.24. The SMILES string of the molecule is COc1ccc(C(=O)N(C)C=O)cc1. The molecule has 0 heterocycles. The number of imide groups is 1. The zero-order valence-corrected chi connectivity index (χ0v) is 8.06. The van der Waals surface area contributed by atoms with Crippen LogP contribution in [0.3, 0.4) is 0 Å². The fourth-order valence-corrected chi connectivity index (χ4v) is 0.985. The predicted octanol–water partition coefficient (Wildman–Crippen LogP) is 0.924. The van der Waals surface area contributed by atoms with Crippen LogP contribution in [0.25, 0.3) is 0 Å². The van der Waals surface area contributed by atoms with Gasteiger partial charge in [0.2, 0.25) is 6.41 Å². The van der Waals surface area contributed by atoms with Crippen LogP contribution < -0.4 is 4.74 Å². The number of hydrogen-bond donors (Lipinski definition) is 0. The monoisotopic (exact) mass is 193 g/mol. The molecule has 1 aromatic carbocycles. The molecule has 0 spiro atoms. The lowest BCUT2D eigenvalue weighted by molar-refractivity contribution is -0.115. The van der Waals surface area contributed by atoms with Crippen molar-refractivity contribution in [3.05, 3.63) is 29.8 Å². The van der Waals surface area contributed by atoms with Gasteiger partial charge >= 0.3 is 0 Å². The van der Waals surface area contributed by atoms with Gasteiger partial charge in [-0.25, -0.2) is 0 Å². The van der Waals surface area contributed by atoms with E-state index in [4.69, 9.17) is 4.74 Å². The Labute approximate surface area is 82.1 Å². The van der Waals surface area contributed by atoms with Crippen LogP contribution in [0.1, 0.15) is 10.4 Å². The van der Waals surface area contributed by atoms with E-state index in [1.54, 1.807) is 31.4 Å². The molecule has 2 amide bonds. The van der Waals surface area contributed by atoms with Crippen molar-refractivity contribution in [2.24, 2.45) is 0 Å². The largest absolute Gasteiger partial charge is 0.497 e. The van der Waals surface area contributed by atoms with E-state index in [0.29, 0.717) is 17.7 Å². The maximum atomic E-state index is 11.4. The van der Waals surface area contributed by atoms with Crippen molar-refractivity contribution in [1.82, 2.24) is 4.90 Å². The van der Waals surface area contributed by atoms with Gasteiger partial charge in [-0.3, -0.25) is 14.5 Å². The average Bonchev–Trinajstić information content (AvgIpc) is 2.27. The van der Waals surface area contributed by atoms with Gasteiger partial charge in [-0.1, -0.05) is 0 Å². The number of amides is 2. The first-order valence-electron chi connectivity index (χ1n) is 4.05. The minimum absolute atomic E-state index is 0.331. The zero-order chi connectivity index (χ0) is 10.6. The first-order valence-corrected chi connectivity index (χ1v) is 4.05. The number of rotatable bonds is 3. The third-order valence-electron chi connectivity index (χ3n) is 1.82. The Hall–Kier alpha value is -1.84. The van der Waals surface area contributed by atoms with Crippen molar-refractivity contribution in [2.45, 2.75) is 0 Å². The van der Waals surface area contributed by atoms with Crippen LogP contribution in [0, 0.1) is 0 Å². The third kappa shape index (κ3) is 2.10. The van der Waals surface area contributed by atoms with E-state index in [2.05, 4.69) is 0 Å². The first kappa shape index (κ1) is 10.2. The lowest BCUT2D eigenvalue weighted by atomic mass is 10.2. The highest BCUT2D eigenvalue weighted by Crippen LogP contribution is 2.11. The Morgan fingerprint density at radius 2 is 1.93 bits per heavy atom. The summed E-state index contributed by atoms with van der Waals surface area (Å²) in [6.45, 7) is 0. The molecule has 0 saturated carbocycles. The van der Waals surface area contributed by atoms with Crippen LogP contribution in [0.15, 0.2) is 24.3 Å². The van der Waals surface area contributed by atoms with Gasteiger partial charge in [-0.15, -0.1) is 0 Å². The van der Waals surface area contributed by atoms with Crippen LogP contribution in [0.2, 0.25) is 0 Å². The van der Waals surface area contributed by atoms with E-state index >= 15 is 0 Å². The summed E-state index contributed by atoms with van der Waals surface area (Å²) >= 11 is 0. The number of hydrogen-bond acceptors (Lipinski definition) is 3. The maximum absolute atomic E-state index is 11.4. The van der Waals surface area contributed by atoms with Crippen LogP contribution in [0.4, 0.5) is 0 Å². The van der Waals surface area contributed by atoms with Gasteiger partial charge in [-0.05, 0) is 24.3 Å². The zero-order valence-electron chi connectivity index (χ0n) is 8.06. The molecule has 74 valence electrons. The molecule has 0 aliphatic rings. The van der Waals surface area contributed by atoms with Crippen molar-refractivity contribution in [3.63, 3.8) is 0 Å². The first-order chi connectivity index (χ1) is 6.69.